The lowest BCUT2D eigenvalue weighted by Crippen LogP contribution is -2.25. The Kier molecular flexibility index (Phi) is 6.58. The monoisotopic (exact) mass is 149 g/mol. The number of nitrogens with one attached hydrogen (secondary N) is 1. The molecule has 0 aliphatic carbocycles. The lowest BCUT2D eigenvalue weighted by Gasteiger charge is -2.06. The maximum absolute atomic E-state index is 9.10. The molecule has 0 amide bonds. The first-order valence-corrected chi connectivity index (χ1v) is 4.37. The van der Waals surface area contributed by atoms with Gasteiger partial charge in [0, 0.05) is 12.3 Å². The maximum atomic E-state index is 9.10. The van der Waals surface area contributed by atoms with E-state index in [0.717, 1.165) is 11.5 Å². The molecule has 3 heteroatoms. The van der Waals surface area contributed by atoms with E-state index in [-0.39, 0.29) is 6.10 Å². The van der Waals surface area contributed by atoms with Gasteiger partial charge in [-0.1, -0.05) is 6.92 Å². The molecule has 0 bridgehead atoms. The number of aliphatic hydroxyl groups excluding tert-OH is 1. The summed E-state index contributed by atoms with van der Waals surface area (Å²) in [6, 6.07) is 0. The number of hydrogen-bond donors (Lipinski definition) is 2. The van der Waals surface area contributed by atoms with Crippen molar-refractivity contribution in [3.05, 3.63) is 0 Å². The van der Waals surface area contributed by atoms with Crippen molar-refractivity contribution in [3.63, 3.8) is 0 Å². The molecule has 0 aromatic heterocycles. The lowest BCUT2D eigenvalue weighted by molar-refractivity contribution is 0.199. The predicted molar refractivity (Wildman–Crippen MR) is 42.9 cm³/mol. The van der Waals surface area contributed by atoms with E-state index in [4.69, 9.17) is 5.11 Å². The summed E-state index contributed by atoms with van der Waals surface area (Å²) in [4.78, 5) is 0. The average molecular weight is 149 g/mol. The Hall–Kier alpha value is 0.270. The van der Waals surface area contributed by atoms with E-state index >= 15 is 0 Å². The molecule has 0 spiro atoms. The SMILES string of the molecule is CCSCC(O)CNC. The number of likely N-dealkylation sites (N-methyl/N-ethyl adjacent to an activating group) is 1. The van der Waals surface area contributed by atoms with E-state index < -0.39 is 0 Å². The third-order valence-corrected chi connectivity index (χ3v) is 1.98. The van der Waals surface area contributed by atoms with E-state index in [2.05, 4.69) is 12.2 Å². The summed E-state index contributed by atoms with van der Waals surface area (Å²) in [5.74, 6) is 1.93. The van der Waals surface area contributed by atoms with Gasteiger partial charge < -0.3 is 10.4 Å². The fourth-order valence-corrected chi connectivity index (χ4v) is 1.17. The smallest absolute Gasteiger partial charge is 0.0754 e. The third kappa shape index (κ3) is 6.15. The van der Waals surface area contributed by atoms with Crippen molar-refractivity contribution in [1.29, 1.82) is 0 Å². The largest absolute Gasteiger partial charge is 0.391 e. The van der Waals surface area contributed by atoms with Gasteiger partial charge in [0.2, 0.25) is 0 Å². The van der Waals surface area contributed by atoms with E-state index in [9.17, 15) is 0 Å². The number of aliphatic hydroxyl groups is 1. The molecule has 0 saturated carbocycles. The standard InChI is InChI=1S/C6H15NOS/c1-3-9-5-6(8)4-7-2/h6-8H,3-5H2,1-2H3. The second-order valence-electron chi connectivity index (χ2n) is 1.87. The molecule has 0 aromatic rings. The molecule has 1 atom stereocenters. The molecule has 0 fully saturated rings. The van der Waals surface area contributed by atoms with E-state index in [1.165, 1.54) is 0 Å². The summed E-state index contributed by atoms with van der Waals surface area (Å²) in [5.41, 5.74) is 0. The van der Waals surface area contributed by atoms with Gasteiger partial charge in [-0.05, 0) is 12.8 Å². The van der Waals surface area contributed by atoms with Gasteiger partial charge in [0.05, 0.1) is 6.10 Å². The van der Waals surface area contributed by atoms with Crippen LogP contribution in [0.4, 0.5) is 0 Å². The van der Waals surface area contributed by atoms with Crippen LogP contribution >= 0.6 is 11.8 Å². The first-order valence-electron chi connectivity index (χ1n) is 3.21. The lowest BCUT2D eigenvalue weighted by atomic mass is 10.4. The van der Waals surface area contributed by atoms with Gasteiger partial charge in [0.15, 0.2) is 0 Å². The van der Waals surface area contributed by atoms with Crippen LogP contribution in [0.1, 0.15) is 6.92 Å². The summed E-state index contributed by atoms with van der Waals surface area (Å²) in [5, 5.41) is 12.0. The van der Waals surface area contributed by atoms with Crippen LogP contribution in [-0.4, -0.2) is 36.3 Å². The highest BCUT2D eigenvalue weighted by Gasteiger charge is 1.99. The van der Waals surface area contributed by atoms with Crippen molar-refractivity contribution in [1.82, 2.24) is 5.32 Å². The molecule has 2 N–H and O–H groups in total. The Morgan fingerprint density at radius 1 is 1.67 bits per heavy atom. The second-order valence-corrected chi connectivity index (χ2v) is 3.19. The summed E-state index contributed by atoms with van der Waals surface area (Å²) in [6.07, 6.45) is -0.181. The van der Waals surface area contributed by atoms with Crippen molar-refractivity contribution in [2.45, 2.75) is 13.0 Å². The van der Waals surface area contributed by atoms with Crippen LogP contribution in [0.25, 0.3) is 0 Å². The van der Waals surface area contributed by atoms with Crippen molar-refractivity contribution in [2.24, 2.45) is 0 Å². The molecule has 1 unspecified atom stereocenters. The van der Waals surface area contributed by atoms with Crippen molar-refractivity contribution >= 4 is 11.8 Å². The topological polar surface area (TPSA) is 32.3 Å². The fraction of sp³-hybridized carbons (Fsp3) is 1.00. The van der Waals surface area contributed by atoms with Crippen molar-refractivity contribution < 1.29 is 5.11 Å². The average Bonchev–Trinajstić information content (AvgIpc) is 1.85. The van der Waals surface area contributed by atoms with Gasteiger partial charge in [-0.25, -0.2) is 0 Å². The normalized spacial score (nSPS) is 13.7. The Morgan fingerprint density at radius 2 is 2.33 bits per heavy atom. The number of thioether (sulfide) groups is 1. The predicted octanol–water partition coefficient (Wildman–Crippen LogP) is 0.320. The van der Waals surface area contributed by atoms with Crippen LogP contribution in [0.3, 0.4) is 0 Å². The van der Waals surface area contributed by atoms with Crippen LogP contribution in [0, 0.1) is 0 Å². The quantitative estimate of drug-likeness (QED) is 0.590. The van der Waals surface area contributed by atoms with Crippen molar-refractivity contribution in [3.8, 4) is 0 Å². The Balaban J connectivity index is 2.95. The highest BCUT2D eigenvalue weighted by molar-refractivity contribution is 7.99. The van der Waals surface area contributed by atoms with Gasteiger partial charge in [0.25, 0.3) is 0 Å². The summed E-state index contributed by atoms with van der Waals surface area (Å²) >= 11 is 1.77. The number of hydrogen-bond acceptors (Lipinski definition) is 3. The van der Waals surface area contributed by atoms with Crippen molar-refractivity contribution in [2.75, 3.05) is 25.1 Å². The molecular formula is C6H15NOS. The molecule has 0 heterocycles. The van der Waals surface area contributed by atoms with Crippen LogP contribution in [-0.2, 0) is 0 Å². The first-order chi connectivity index (χ1) is 4.31. The molecular weight excluding hydrogens is 134 g/mol. The number of rotatable bonds is 5. The Labute approximate surface area is 61.0 Å². The molecule has 0 aliphatic rings. The van der Waals surface area contributed by atoms with E-state index in [1.54, 1.807) is 11.8 Å². The van der Waals surface area contributed by atoms with Crippen LogP contribution in [0.2, 0.25) is 0 Å². The Morgan fingerprint density at radius 3 is 2.78 bits per heavy atom. The maximum Gasteiger partial charge on any atom is 0.0754 e. The summed E-state index contributed by atoms with van der Waals surface area (Å²) in [7, 11) is 1.85. The molecule has 0 rings (SSSR count). The summed E-state index contributed by atoms with van der Waals surface area (Å²) in [6.45, 7) is 2.80. The van der Waals surface area contributed by atoms with Gasteiger partial charge in [-0.15, -0.1) is 0 Å². The minimum Gasteiger partial charge on any atom is -0.391 e. The van der Waals surface area contributed by atoms with Crippen LogP contribution in [0.5, 0.6) is 0 Å². The third-order valence-electron chi connectivity index (χ3n) is 0.954. The highest BCUT2D eigenvalue weighted by Crippen LogP contribution is 2.00. The van der Waals surface area contributed by atoms with Gasteiger partial charge in [-0.2, -0.15) is 11.8 Å². The molecule has 0 saturated heterocycles. The minimum atomic E-state index is -0.181. The minimum absolute atomic E-state index is 0.181. The van der Waals surface area contributed by atoms with Gasteiger partial charge in [-0.3, -0.25) is 0 Å². The zero-order valence-electron chi connectivity index (χ0n) is 6.05. The van der Waals surface area contributed by atoms with Crippen LogP contribution in [0.15, 0.2) is 0 Å². The highest BCUT2D eigenvalue weighted by atomic mass is 32.2. The zero-order valence-corrected chi connectivity index (χ0v) is 6.87. The molecule has 9 heavy (non-hydrogen) atoms. The Bertz CT molecular complexity index is 61.0. The van der Waals surface area contributed by atoms with E-state index in [0.29, 0.717) is 6.54 Å². The van der Waals surface area contributed by atoms with Crippen LogP contribution < -0.4 is 5.32 Å². The van der Waals surface area contributed by atoms with E-state index in [1.807, 2.05) is 7.05 Å². The molecule has 0 radical (unpaired) electrons. The molecule has 56 valence electrons. The second kappa shape index (κ2) is 6.39. The van der Waals surface area contributed by atoms with Gasteiger partial charge >= 0.3 is 0 Å². The molecule has 0 aromatic carbocycles. The zero-order chi connectivity index (χ0) is 7.11. The van der Waals surface area contributed by atoms with Gasteiger partial charge in [0.1, 0.15) is 0 Å². The first kappa shape index (κ1) is 9.27. The molecule has 2 nitrogen and oxygen atoms in total. The molecule has 0 aliphatic heterocycles. The fourth-order valence-electron chi connectivity index (χ4n) is 0.548. The summed E-state index contributed by atoms with van der Waals surface area (Å²) < 4.78 is 0.